The number of anilines is 1. The summed E-state index contributed by atoms with van der Waals surface area (Å²) in [6.07, 6.45) is 2.62. The molecular formula is C15H19BrN2O2. The van der Waals surface area contributed by atoms with E-state index in [4.69, 9.17) is 4.74 Å². The molecule has 0 aromatic heterocycles. The van der Waals surface area contributed by atoms with E-state index in [2.05, 4.69) is 38.3 Å². The summed E-state index contributed by atoms with van der Waals surface area (Å²) in [4.78, 5) is 14.3. The van der Waals surface area contributed by atoms with Crippen molar-refractivity contribution in [3.63, 3.8) is 0 Å². The van der Waals surface area contributed by atoms with E-state index in [0.717, 1.165) is 36.8 Å². The van der Waals surface area contributed by atoms with Gasteiger partial charge < -0.3 is 15.0 Å². The number of nitrogens with one attached hydrogen (secondary N) is 1. The normalized spacial score (nSPS) is 25.9. The van der Waals surface area contributed by atoms with Gasteiger partial charge in [0.05, 0.1) is 0 Å². The Hall–Kier alpha value is -1.07. The fourth-order valence-electron chi connectivity index (χ4n) is 2.84. The number of halogens is 1. The van der Waals surface area contributed by atoms with Crippen LogP contribution in [0.4, 0.5) is 5.69 Å². The van der Waals surface area contributed by atoms with Crippen LogP contribution in [0.2, 0.25) is 0 Å². The first-order chi connectivity index (χ1) is 9.72. The van der Waals surface area contributed by atoms with E-state index in [9.17, 15) is 4.79 Å². The Bertz CT molecular complexity index is 471. The Morgan fingerprint density at radius 1 is 1.30 bits per heavy atom. The van der Waals surface area contributed by atoms with Crippen LogP contribution in [0.25, 0.3) is 0 Å². The van der Waals surface area contributed by atoms with Crippen LogP contribution in [0.5, 0.6) is 0 Å². The van der Waals surface area contributed by atoms with E-state index in [-0.39, 0.29) is 18.1 Å². The summed E-state index contributed by atoms with van der Waals surface area (Å²) < 4.78 is 6.51. The maximum absolute atomic E-state index is 12.0. The van der Waals surface area contributed by atoms with E-state index in [0.29, 0.717) is 6.61 Å². The maximum atomic E-state index is 12.0. The summed E-state index contributed by atoms with van der Waals surface area (Å²) in [6.45, 7) is 2.58. The van der Waals surface area contributed by atoms with Gasteiger partial charge in [-0.25, -0.2) is 0 Å². The van der Waals surface area contributed by atoms with Crippen molar-refractivity contribution in [2.75, 3.05) is 24.6 Å². The minimum atomic E-state index is -0.225. The number of rotatable bonds is 3. The van der Waals surface area contributed by atoms with Crippen molar-refractivity contribution in [3.05, 3.63) is 28.7 Å². The molecule has 2 heterocycles. The van der Waals surface area contributed by atoms with Gasteiger partial charge in [0.25, 0.3) is 0 Å². The Morgan fingerprint density at radius 2 is 2.10 bits per heavy atom. The highest BCUT2D eigenvalue weighted by Crippen LogP contribution is 2.23. The summed E-state index contributed by atoms with van der Waals surface area (Å²) >= 11 is 3.45. The molecule has 4 nitrogen and oxygen atoms in total. The Balaban J connectivity index is 1.54. The zero-order valence-electron chi connectivity index (χ0n) is 11.3. The van der Waals surface area contributed by atoms with Crippen molar-refractivity contribution in [1.82, 2.24) is 5.32 Å². The summed E-state index contributed by atoms with van der Waals surface area (Å²) in [5.41, 5.74) is 1.21. The third kappa shape index (κ3) is 3.15. The first-order valence-electron chi connectivity index (χ1n) is 7.15. The first-order valence-corrected chi connectivity index (χ1v) is 7.94. The lowest BCUT2D eigenvalue weighted by atomic mass is 10.2. The summed E-state index contributed by atoms with van der Waals surface area (Å²) in [5.74, 6) is 0.0603. The van der Waals surface area contributed by atoms with Crippen LogP contribution in [0, 0.1) is 0 Å². The number of hydrogen-bond donors (Lipinski definition) is 1. The summed E-state index contributed by atoms with van der Waals surface area (Å²) in [7, 11) is 0. The van der Waals surface area contributed by atoms with Gasteiger partial charge in [0.15, 0.2) is 0 Å². The zero-order chi connectivity index (χ0) is 13.9. The molecule has 0 radical (unpaired) electrons. The number of carbonyl (C=O) groups is 1. The SMILES string of the molecule is O=C(N[C@@H]1CCN(c2ccc(Br)cc2)C1)[C@H]1CCCO1. The molecule has 0 saturated carbocycles. The number of ether oxygens (including phenoxy) is 1. The quantitative estimate of drug-likeness (QED) is 0.919. The van der Waals surface area contributed by atoms with Gasteiger partial charge in [-0.1, -0.05) is 15.9 Å². The Morgan fingerprint density at radius 3 is 2.80 bits per heavy atom. The summed E-state index contributed by atoms with van der Waals surface area (Å²) in [5, 5.41) is 3.12. The van der Waals surface area contributed by atoms with Crippen LogP contribution in [0.1, 0.15) is 19.3 Å². The van der Waals surface area contributed by atoms with E-state index < -0.39 is 0 Å². The average molecular weight is 339 g/mol. The maximum Gasteiger partial charge on any atom is 0.249 e. The molecule has 2 fully saturated rings. The van der Waals surface area contributed by atoms with Crippen molar-refractivity contribution in [2.45, 2.75) is 31.4 Å². The highest BCUT2D eigenvalue weighted by Gasteiger charge is 2.29. The molecule has 2 aliphatic rings. The van der Waals surface area contributed by atoms with Gasteiger partial charge in [-0.15, -0.1) is 0 Å². The van der Waals surface area contributed by atoms with Crippen molar-refractivity contribution in [3.8, 4) is 0 Å². The van der Waals surface area contributed by atoms with Crippen molar-refractivity contribution in [2.24, 2.45) is 0 Å². The molecule has 0 aliphatic carbocycles. The predicted octanol–water partition coefficient (Wildman–Crippen LogP) is 2.32. The van der Waals surface area contributed by atoms with Crippen molar-refractivity contribution >= 4 is 27.5 Å². The molecule has 1 amide bonds. The highest BCUT2D eigenvalue weighted by atomic mass is 79.9. The van der Waals surface area contributed by atoms with E-state index in [1.165, 1.54) is 5.69 Å². The second-order valence-electron chi connectivity index (χ2n) is 5.42. The fourth-order valence-corrected chi connectivity index (χ4v) is 3.11. The molecule has 3 rings (SSSR count). The van der Waals surface area contributed by atoms with Gasteiger partial charge in [0.2, 0.25) is 5.91 Å². The second kappa shape index (κ2) is 6.14. The van der Waals surface area contributed by atoms with Gasteiger partial charge in [0, 0.05) is 35.9 Å². The third-order valence-corrected chi connectivity index (χ3v) is 4.48. The molecule has 1 N–H and O–H groups in total. The van der Waals surface area contributed by atoms with Crippen LogP contribution in [-0.4, -0.2) is 37.7 Å². The third-order valence-electron chi connectivity index (χ3n) is 3.95. The molecular weight excluding hydrogens is 320 g/mol. The van der Waals surface area contributed by atoms with Crippen molar-refractivity contribution in [1.29, 1.82) is 0 Å². The molecule has 2 atom stereocenters. The van der Waals surface area contributed by atoms with E-state index in [1.54, 1.807) is 0 Å². The van der Waals surface area contributed by atoms with Crippen LogP contribution < -0.4 is 10.2 Å². The van der Waals surface area contributed by atoms with Crippen LogP contribution in [0.3, 0.4) is 0 Å². The monoisotopic (exact) mass is 338 g/mol. The lowest BCUT2D eigenvalue weighted by Gasteiger charge is -2.20. The molecule has 20 heavy (non-hydrogen) atoms. The Labute approximate surface area is 127 Å². The number of nitrogens with zero attached hydrogens (tertiary/aromatic N) is 1. The first kappa shape index (κ1) is 13.9. The van der Waals surface area contributed by atoms with Crippen LogP contribution in [-0.2, 0) is 9.53 Å². The standard InChI is InChI=1S/C15H19BrN2O2/c16-11-3-5-13(6-4-11)18-8-7-12(10-18)17-15(19)14-2-1-9-20-14/h3-6,12,14H,1-2,7-10H2,(H,17,19)/t12-,14-/m1/s1. The molecule has 5 heteroatoms. The second-order valence-corrected chi connectivity index (χ2v) is 6.33. The molecule has 2 aliphatic heterocycles. The van der Waals surface area contributed by atoms with Crippen LogP contribution >= 0.6 is 15.9 Å². The minimum absolute atomic E-state index is 0.0603. The smallest absolute Gasteiger partial charge is 0.249 e. The molecule has 108 valence electrons. The average Bonchev–Trinajstić information content (AvgIpc) is 3.10. The van der Waals surface area contributed by atoms with Gasteiger partial charge in [0.1, 0.15) is 6.10 Å². The topological polar surface area (TPSA) is 41.6 Å². The number of hydrogen-bond acceptors (Lipinski definition) is 3. The van der Waals surface area contributed by atoms with Gasteiger partial charge in [-0.2, -0.15) is 0 Å². The van der Waals surface area contributed by atoms with Gasteiger partial charge >= 0.3 is 0 Å². The Kier molecular flexibility index (Phi) is 4.27. The molecule has 0 bridgehead atoms. The van der Waals surface area contributed by atoms with E-state index in [1.807, 2.05) is 12.1 Å². The largest absolute Gasteiger partial charge is 0.369 e. The minimum Gasteiger partial charge on any atom is -0.369 e. The number of amides is 1. The van der Waals surface area contributed by atoms with Crippen molar-refractivity contribution < 1.29 is 9.53 Å². The molecule has 1 aromatic carbocycles. The van der Waals surface area contributed by atoms with Gasteiger partial charge in [-0.3, -0.25) is 4.79 Å². The fraction of sp³-hybridized carbons (Fsp3) is 0.533. The van der Waals surface area contributed by atoms with Gasteiger partial charge in [-0.05, 0) is 43.5 Å². The molecule has 2 saturated heterocycles. The molecule has 1 aromatic rings. The van der Waals surface area contributed by atoms with E-state index >= 15 is 0 Å². The molecule has 0 unspecified atom stereocenters. The van der Waals surface area contributed by atoms with Crippen LogP contribution in [0.15, 0.2) is 28.7 Å². The molecule has 0 spiro atoms. The lowest BCUT2D eigenvalue weighted by molar-refractivity contribution is -0.130. The zero-order valence-corrected chi connectivity index (χ0v) is 12.9. The summed E-state index contributed by atoms with van der Waals surface area (Å²) in [6, 6.07) is 8.54. The number of carbonyl (C=O) groups excluding carboxylic acids is 1. The number of benzene rings is 1. The predicted molar refractivity (Wildman–Crippen MR) is 81.9 cm³/mol. The lowest BCUT2D eigenvalue weighted by Crippen LogP contribution is -2.42. The highest BCUT2D eigenvalue weighted by molar-refractivity contribution is 9.10.